The van der Waals surface area contributed by atoms with Crippen LogP contribution in [-0.4, -0.2) is 6.17 Å². The number of nitrogen functional groups attached to an aromatic ring is 1. The van der Waals surface area contributed by atoms with Crippen molar-refractivity contribution >= 4 is 5.69 Å². The standard InChI is InChI=1S/C12H16FN/c13-11-7-3-1-5-9(11)10-6-2-4-8-12(10)14/h2,4,6,8-9,11H,1,3,5,7,14H2. The van der Waals surface area contributed by atoms with E-state index in [0.717, 1.165) is 30.5 Å². The summed E-state index contributed by atoms with van der Waals surface area (Å²) in [5.74, 6) is 0.0324. The van der Waals surface area contributed by atoms with Gasteiger partial charge in [-0.3, -0.25) is 0 Å². The molecule has 0 bridgehead atoms. The van der Waals surface area contributed by atoms with Crippen LogP contribution in [0.15, 0.2) is 24.3 Å². The minimum Gasteiger partial charge on any atom is -0.398 e. The van der Waals surface area contributed by atoms with E-state index in [1.807, 2.05) is 24.3 Å². The normalized spacial score (nSPS) is 27.5. The zero-order valence-electron chi connectivity index (χ0n) is 8.25. The number of para-hydroxylation sites is 1. The first-order valence-electron chi connectivity index (χ1n) is 5.27. The SMILES string of the molecule is Nc1ccccc1C1CCCCC1F. The van der Waals surface area contributed by atoms with E-state index in [1.165, 1.54) is 0 Å². The second kappa shape index (κ2) is 3.99. The number of rotatable bonds is 1. The van der Waals surface area contributed by atoms with Crippen LogP contribution >= 0.6 is 0 Å². The van der Waals surface area contributed by atoms with E-state index in [0.29, 0.717) is 6.42 Å². The number of nitrogens with two attached hydrogens (primary N) is 1. The lowest BCUT2D eigenvalue weighted by molar-refractivity contribution is 0.217. The predicted molar refractivity (Wildman–Crippen MR) is 57.0 cm³/mol. The predicted octanol–water partition coefficient (Wildman–Crippen LogP) is 3.26. The summed E-state index contributed by atoms with van der Waals surface area (Å²) in [5, 5.41) is 0. The Kier molecular flexibility index (Phi) is 2.71. The van der Waals surface area contributed by atoms with Gasteiger partial charge in [0.2, 0.25) is 0 Å². The van der Waals surface area contributed by atoms with Crippen molar-refractivity contribution < 1.29 is 4.39 Å². The molecule has 0 saturated heterocycles. The molecule has 2 heteroatoms. The van der Waals surface area contributed by atoms with Crippen molar-refractivity contribution in [3.05, 3.63) is 29.8 Å². The zero-order valence-corrected chi connectivity index (χ0v) is 8.25. The van der Waals surface area contributed by atoms with Gasteiger partial charge in [0, 0.05) is 11.6 Å². The Morgan fingerprint density at radius 1 is 1.14 bits per heavy atom. The third-order valence-corrected chi connectivity index (χ3v) is 3.08. The van der Waals surface area contributed by atoms with Crippen LogP contribution in [0, 0.1) is 0 Å². The van der Waals surface area contributed by atoms with Crippen LogP contribution in [0.2, 0.25) is 0 Å². The van der Waals surface area contributed by atoms with Gasteiger partial charge < -0.3 is 5.73 Å². The number of hydrogen-bond donors (Lipinski definition) is 1. The summed E-state index contributed by atoms with van der Waals surface area (Å²) in [6.07, 6.45) is 3.08. The van der Waals surface area contributed by atoms with E-state index in [2.05, 4.69) is 0 Å². The summed E-state index contributed by atoms with van der Waals surface area (Å²) >= 11 is 0. The Hall–Kier alpha value is -1.05. The van der Waals surface area contributed by atoms with Gasteiger partial charge >= 0.3 is 0 Å². The van der Waals surface area contributed by atoms with Crippen LogP contribution in [0.25, 0.3) is 0 Å². The quantitative estimate of drug-likeness (QED) is 0.681. The first kappa shape index (κ1) is 9.50. The average molecular weight is 193 g/mol. The first-order valence-corrected chi connectivity index (χ1v) is 5.27. The summed E-state index contributed by atoms with van der Waals surface area (Å²) in [7, 11) is 0. The van der Waals surface area contributed by atoms with E-state index in [1.54, 1.807) is 0 Å². The zero-order chi connectivity index (χ0) is 9.97. The second-order valence-electron chi connectivity index (χ2n) is 4.04. The highest BCUT2D eigenvalue weighted by molar-refractivity contribution is 5.48. The number of anilines is 1. The molecule has 76 valence electrons. The van der Waals surface area contributed by atoms with Crippen molar-refractivity contribution in [1.82, 2.24) is 0 Å². The number of halogens is 1. The highest BCUT2D eigenvalue weighted by Crippen LogP contribution is 2.37. The van der Waals surface area contributed by atoms with Crippen molar-refractivity contribution in [2.45, 2.75) is 37.8 Å². The summed E-state index contributed by atoms with van der Waals surface area (Å²) in [4.78, 5) is 0. The van der Waals surface area contributed by atoms with Crippen molar-refractivity contribution in [1.29, 1.82) is 0 Å². The number of alkyl halides is 1. The number of hydrogen-bond acceptors (Lipinski definition) is 1. The number of benzene rings is 1. The minimum atomic E-state index is -0.701. The molecule has 0 radical (unpaired) electrons. The van der Waals surface area contributed by atoms with Crippen molar-refractivity contribution in [2.75, 3.05) is 5.73 Å². The van der Waals surface area contributed by atoms with Gasteiger partial charge in [-0.1, -0.05) is 31.0 Å². The minimum absolute atomic E-state index is 0.0324. The fraction of sp³-hybridized carbons (Fsp3) is 0.500. The molecule has 14 heavy (non-hydrogen) atoms. The van der Waals surface area contributed by atoms with Crippen LogP contribution in [0.1, 0.15) is 37.2 Å². The maximum atomic E-state index is 13.7. The van der Waals surface area contributed by atoms with Gasteiger partial charge in [-0.15, -0.1) is 0 Å². The van der Waals surface area contributed by atoms with Crippen LogP contribution in [0.4, 0.5) is 10.1 Å². The lowest BCUT2D eigenvalue weighted by atomic mass is 9.82. The van der Waals surface area contributed by atoms with Crippen molar-refractivity contribution in [3.63, 3.8) is 0 Å². The van der Waals surface area contributed by atoms with Crippen LogP contribution < -0.4 is 5.73 Å². The molecular formula is C12H16FN. The molecule has 0 aromatic heterocycles. The largest absolute Gasteiger partial charge is 0.398 e. The Morgan fingerprint density at radius 2 is 1.86 bits per heavy atom. The summed E-state index contributed by atoms with van der Waals surface area (Å²) in [6, 6.07) is 7.65. The molecule has 0 heterocycles. The summed E-state index contributed by atoms with van der Waals surface area (Å²) in [5.41, 5.74) is 7.58. The van der Waals surface area contributed by atoms with E-state index >= 15 is 0 Å². The van der Waals surface area contributed by atoms with Crippen LogP contribution in [0.3, 0.4) is 0 Å². The van der Waals surface area contributed by atoms with Gasteiger partial charge in [0.1, 0.15) is 6.17 Å². The Labute approximate surface area is 84.1 Å². The molecule has 1 fully saturated rings. The molecule has 2 N–H and O–H groups in total. The average Bonchev–Trinajstić information content (AvgIpc) is 2.20. The maximum absolute atomic E-state index is 13.7. The topological polar surface area (TPSA) is 26.0 Å². The van der Waals surface area contributed by atoms with Crippen molar-refractivity contribution in [2.24, 2.45) is 0 Å². The molecule has 1 aromatic carbocycles. The maximum Gasteiger partial charge on any atom is 0.107 e. The Bertz CT molecular complexity index is 311. The molecule has 0 spiro atoms. The van der Waals surface area contributed by atoms with Gasteiger partial charge in [-0.25, -0.2) is 4.39 Å². The van der Waals surface area contributed by atoms with E-state index in [-0.39, 0.29) is 5.92 Å². The molecule has 2 atom stereocenters. The fourth-order valence-corrected chi connectivity index (χ4v) is 2.28. The highest BCUT2D eigenvalue weighted by atomic mass is 19.1. The monoisotopic (exact) mass is 193 g/mol. The Balaban J connectivity index is 2.25. The molecule has 2 rings (SSSR count). The summed E-state index contributed by atoms with van der Waals surface area (Å²) < 4.78 is 13.7. The summed E-state index contributed by atoms with van der Waals surface area (Å²) in [6.45, 7) is 0. The molecule has 1 aliphatic carbocycles. The molecule has 0 amide bonds. The van der Waals surface area contributed by atoms with Crippen LogP contribution in [-0.2, 0) is 0 Å². The third kappa shape index (κ3) is 1.74. The van der Waals surface area contributed by atoms with E-state index < -0.39 is 6.17 Å². The smallest absolute Gasteiger partial charge is 0.107 e. The molecule has 1 aromatic rings. The van der Waals surface area contributed by atoms with Gasteiger partial charge in [0.25, 0.3) is 0 Å². The van der Waals surface area contributed by atoms with Gasteiger partial charge in [0.15, 0.2) is 0 Å². The van der Waals surface area contributed by atoms with Crippen LogP contribution in [0.5, 0.6) is 0 Å². The third-order valence-electron chi connectivity index (χ3n) is 3.08. The lowest BCUT2D eigenvalue weighted by Gasteiger charge is -2.27. The molecule has 1 aliphatic rings. The fourth-order valence-electron chi connectivity index (χ4n) is 2.28. The molecule has 1 saturated carbocycles. The second-order valence-corrected chi connectivity index (χ2v) is 4.04. The molecule has 0 aliphatic heterocycles. The van der Waals surface area contributed by atoms with E-state index in [9.17, 15) is 4.39 Å². The van der Waals surface area contributed by atoms with Gasteiger partial charge in [0.05, 0.1) is 0 Å². The van der Waals surface area contributed by atoms with E-state index in [4.69, 9.17) is 5.73 Å². The lowest BCUT2D eigenvalue weighted by Crippen LogP contribution is -2.19. The molecule has 1 nitrogen and oxygen atoms in total. The Morgan fingerprint density at radius 3 is 2.57 bits per heavy atom. The molecule has 2 unspecified atom stereocenters. The first-order chi connectivity index (χ1) is 6.79. The van der Waals surface area contributed by atoms with Crippen molar-refractivity contribution in [3.8, 4) is 0 Å². The molecular weight excluding hydrogens is 177 g/mol. The highest BCUT2D eigenvalue weighted by Gasteiger charge is 2.27. The van der Waals surface area contributed by atoms with Gasteiger partial charge in [-0.05, 0) is 24.5 Å². The van der Waals surface area contributed by atoms with Gasteiger partial charge in [-0.2, -0.15) is 0 Å².